The average Bonchev–Trinajstić information content (AvgIpc) is 2.83. The Morgan fingerprint density at radius 1 is 1.47 bits per heavy atom. The molecule has 0 saturated heterocycles. The average molecular weight is 390 g/mol. The largest absolute Gasteiger partial charge is 0.333 e. The normalized spacial score (nSPS) is 12.6. The van der Waals surface area contributed by atoms with Crippen molar-refractivity contribution < 1.29 is 0 Å². The van der Waals surface area contributed by atoms with E-state index in [0.717, 1.165) is 32.9 Å². The van der Waals surface area contributed by atoms with Gasteiger partial charge < -0.3 is 9.88 Å². The van der Waals surface area contributed by atoms with Crippen molar-refractivity contribution in [3.05, 3.63) is 50.6 Å². The molecule has 102 valence electrons. The fourth-order valence-electron chi connectivity index (χ4n) is 2.15. The molecular weight excluding hydrogens is 373 g/mol. The van der Waals surface area contributed by atoms with Crippen LogP contribution in [-0.2, 0) is 6.54 Å². The second-order valence-electron chi connectivity index (χ2n) is 4.37. The second kappa shape index (κ2) is 6.72. The van der Waals surface area contributed by atoms with Crippen molar-refractivity contribution in [1.82, 2.24) is 14.9 Å². The predicted octanol–water partition coefficient (Wildman–Crippen LogP) is 3.86. The Balaban J connectivity index is 2.38. The minimum absolute atomic E-state index is 0.0658. The van der Waals surface area contributed by atoms with Gasteiger partial charge in [-0.1, -0.05) is 24.6 Å². The van der Waals surface area contributed by atoms with E-state index in [1.165, 1.54) is 0 Å². The molecule has 19 heavy (non-hydrogen) atoms. The predicted molar refractivity (Wildman–Crippen MR) is 87.6 cm³/mol. The van der Waals surface area contributed by atoms with E-state index < -0.39 is 0 Å². The molecule has 0 aliphatic carbocycles. The molecule has 0 amide bonds. The Labute approximate surface area is 132 Å². The van der Waals surface area contributed by atoms with Crippen LogP contribution in [0.25, 0.3) is 0 Å². The quantitative estimate of drug-likeness (QED) is 0.787. The summed E-state index contributed by atoms with van der Waals surface area (Å²) in [6, 6.07) is 6.21. The van der Waals surface area contributed by atoms with Gasteiger partial charge in [-0.3, -0.25) is 0 Å². The van der Waals surface area contributed by atoms with Crippen LogP contribution in [-0.4, -0.2) is 16.6 Å². The molecule has 0 radical (unpaired) electrons. The van der Waals surface area contributed by atoms with Crippen LogP contribution in [0.2, 0.25) is 5.02 Å². The molecule has 1 heterocycles. The number of aromatic nitrogens is 2. The van der Waals surface area contributed by atoms with Gasteiger partial charge in [0.25, 0.3) is 0 Å². The molecular formula is C14H17ClIN3. The van der Waals surface area contributed by atoms with Gasteiger partial charge >= 0.3 is 0 Å². The summed E-state index contributed by atoms with van der Waals surface area (Å²) in [6.07, 6.45) is 4.97. The third-order valence-electron chi connectivity index (χ3n) is 3.04. The van der Waals surface area contributed by atoms with Crippen LogP contribution in [0.4, 0.5) is 0 Å². The van der Waals surface area contributed by atoms with Crippen LogP contribution < -0.4 is 5.32 Å². The van der Waals surface area contributed by atoms with Gasteiger partial charge in [0.2, 0.25) is 0 Å². The van der Waals surface area contributed by atoms with Crippen LogP contribution in [0.3, 0.4) is 0 Å². The molecule has 1 unspecified atom stereocenters. The molecule has 0 saturated carbocycles. The molecule has 5 heteroatoms. The van der Waals surface area contributed by atoms with Gasteiger partial charge in [0, 0.05) is 22.5 Å². The lowest BCUT2D eigenvalue weighted by molar-refractivity contribution is 0.568. The van der Waals surface area contributed by atoms with Gasteiger partial charge in [0.1, 0.15) is 5.82 Å². The first-order valence-electron chi connectivity index (χ1n) is 6.30. The second-order valence-corrected chi connectivity index (χ2v) is 5.94. The van der Waals surface area contributed by atoms with E-state index in [0.29, 0.717) is 0 Å². The first kappa shape index (κ1) is 14.8. The Morgan fingerprint density at radius 2 is 2.26 bits per heavy atom. The van der Waals surface area contributed by atoms with Crippen molar-refractivity contribution in [3.63, 3.8) is 0 Å². The Hall–Kier alpha value is -0.590. The molecule has 1 aromatic heterocycles. The molecule has 0 spiro atoms. The highest BCUT2D eigenvalue weighted by Gasteiger charge is 2.17. The van der Waals surface area contributed by atoms with Crippen molar-refractivity contribution >= 4 is 34.2 Å². The van der Waals surface area contributed by atoms with Gasteiger partial charge in [-0.25, -0.2) is 4.98 Å². The lowest BCUT2D eigenvalue weighted by Crippen LogP contribution is -2.22. The summed E-state index contributed by atoms with van der Waals surface area (Å²) in [6.45, 7) is 3.14. The number of nitrogens with zero attached hydrogens (tertiary/aromatic N) is 2. The van der Waals surface area contributed by atoms with Crippen molar-refractivity contribution in [3.8, 4) is 0 Å². The number of rotatable bonds is 5. The minimum atomic E-state index is 0.0658. The van der Waals surface area contributed by atoms with E-state index in [1.54, 1.807) is 0 Å². The zero-order valence-electron chi connectivity index (χ0n) is 11.0. The molecule has 2 aromatic rings. The smallest absolute Gasteiger partial charge is 0.130 e. The molecule has 0 aliphatic rings. The monoisotopic (exact) mass is 389 g/mol. The zero-order chi connectivity index (χ0) is 13.8. The summed E-state index contributed by atoms with van der Waals surface area (Å²) in [5.41, 5.74) is 1.14. The third-order valence-corrected chi connectivity index (χ3v) is 4.61. The maximum absolute atomic E-state index is 6.21. The summed E-state index contributed by atoms with van der Waals surface area (Å²) in [5, 5.41) is 4.11. The third kappa shape index (κ3) is 3.30. The van der Waals surface area contributed by atoms with Crippen LogP contribution in [0, 0.1) is 3.57 Å². The van der Waals surface area contributed by atoms with Crippen molar-refractivity contribution in [1.29, 1.82) is 0 Å². The number of hydrogen-bond donors (Lipinski definition) is 1. The van der Waals surface area contributed by atoms with Gasteiger partial charge in [-0.15, -0.1) is 0 Å². The summed E-state index contributed by atoms with van der Waals surface area (Å²) in [4.78, 5) is 4.49. The molecule has 0 bridgehead atoms. The van der Waals surface area contributed by atoms with Gasteiger partial charge in [0.05, 0.1) is 11.1 Å². The number of halogens is 2. The number of nitrogens with one attached hydrogen (secondary N) is 1. The molecule has 0 aliphatic heterocycles. The van der Waals surface area contributed by atoms with Crippen LogP contribution in [0.15, 0.2) is 30.6 Å². The highest BCUT2D eigenvalue weighted by molar-refractivity contribution is 14.1. The van der Waals surface area contributed by atoms with Crippen molar-refractivity contribution in [2.45, 2.75) is 25.9 Å². The van der Waals surface area contributed by atoms with E-state index in [1.807, 2.05) is 31.6 Å². The number of imidazole rings is 1. The highest BCUT2D eigenvalue weighted by atomic mass is 127. The SMILES string of the molecule is CCCn1ccnc1C(NC)c1ccc(I)c(Cl)c1. The molecule has 1 atom stereocenters. The van der Waals surface area contributed by atoms with Gasteiger partial charge in [-0.05, 0) is 53.8 Å². The molecule has 1 aromatic carbocycles. The lowest BCUT2D eigenvalue weighted by atomic mass is 10.1. The topological polar surface area (TPSA) is 29.9 Å². The van der Waals surface area contributed by atoms with Crippen LogP contribution in [0.5, 0.6) is 0 Å². The summed E-state index contributed by atoms with van der Waals surface area (Å²) >= 11 is 8.45. The van der Waals surface area contributed by atoms with E-state index in [9.17, 15) is 0 Å². The van der Waals surface area contributed by atoms with Crippen LogP contribution in [0.1, 0.15) is 30.8 Å². The maximum Gasteiger partial charge on any atom is 0.130 e. The molecule has 1 N–H and O–H groups in total. The standard InChI is InChI=1S/C14H17ClIN3/c1-3-7-19-8-6-18-14(19)13(17-2)10-4-5-12(16)11(15)9-10/h4-6,8-9,13,17H,3,7H2,1-2H3. The fourth-order valence-corrected chi connectivity index (χ4v) is 2.67. The Bertz CT molecular complexity index is 553. The minimum Gasteiger partial charge on any atom is -0.333 e. The number of hydrogen-bond acceptors (Lipinski definition) is 2. The van der Waals surface area contributed by atoms with Gasteiger partial charge in [0.15, 0.2) is 0 Å². The molecule has 2 rings (SSSR count). The first-order valence-corrected chi connectivity index (χ1v) is 7.76. The summed E-state index contributed by atoms with van der Waals surface area (Å²) < 4.78 is 3.25. The summed E-state index contributed by atoms with van der Waals surface area (Å²) in [7, 11) is 1.95. The van der Waals surface area contributed by atoms with E-state index in [2.05, 4.69) is 50.4 Å². The van der Waals surface area contributed by atoms with E-state index in [4.69, 9.17) is 11.6 Å². The zero-order valence-corrected chi connectivity index (χ0v) is 13.9. The molecule has 0 fully saturated rings. The lowest BCUT2D eigenvalue weighted by Gasteiger charge is -2.18. The van der Waals surface area contributed by atoms with E-state index in [-0.39, 0.29) is 6.04 Å². The number of aryl methyl sites for hydroxylation is 1. The van der Waals surface area contributed by atoms with E-state index >= 15 is 0 Å². The van der Waals surface area contributed by atoms with Gasteiger partial charge in [-0.2, -0.15) is 0 Å². The Kier molecular flexibility index (Phi) is 5.24. The van der Waals surface area contributed by atoms with Crippen molar-refractivity contribution in [2.75, 3.05) is 7.05 Å². The van der Waals surface area contributed by atoms with Crippen molar-refractivity contribution in [2.24, 2.45) is 0 Å². The maximum atomic E-state index is 6.21. The number of benzene rings is 1. The summed E-state index contributed by atoms with van der Waals surface area (Å²) in [5.74, 6) is 1.03. The molecule has 3 nitrogen and oxygen atoms in total. The van der Waals surface area contributed by atoms with Crippen LogP contribution >= 0.6 is 34.2 Å². The fraction of sp³-hybridized carbons (Fsp3) is 0.357. The highest BCUT2D eigenvalue weighted by Crippen LogP contribution is 2.26. The first-order chi connectivity index (χ1) is 9.17. The Morgan fingerprint density at radius 3 is 2.89 bits per heavy atom.